The first-order chi connectivity index (χ1) is 10.6. The second-order valence-corrected chi connectivity index (χ2v) is 5.73. The van der Waals surface area contributed by atoms with Gasteiger partial charge in [-0.2, -0.15) is 0 Å². The maximum atomic E-state index is 12.2. The number of rotatable bonds is 2. The molecular weight excluding hydrogens is 306 g/mol. The molecule has 1 saturated heterocycles. The number of carbonyl (C=O) groups excluding carboxylic acids is 1. The van der Waals surface area contributed by atoms with Crippen LogP contribution < -0.4 is 9.47 Å². The van der Waals surface area contributed by atoms with Crippen molar-refractivity contribution < 1.29 is 19.0 Å². The molecule has 1 aromatic rings. The Kier molecular flexibility index (Phi) is 4.55. The average Bonchev–Trinajstić information content (AvgIpc) is 2.53. The van der Waals surface area contributed by atoms with E-state index in [2.05, 4.69) is 0 Å². The van der Waals surface area contributed by atoms with Crippen molar-refractivity contribution in [2.75, 3.05) is 32.9 Å². The molecule has 2 aliphatic rings. The molecule has 5 nitrogen and oxygen atoms in total. The summed E-state index contributed by atoms with van der Waals surface area (Å²) in [6, 6.07) is 3.59. The summed E-state index contributed by atoms with van der Waals surface area (Å²) >= 11 is 6.18. The number of nitrogens with zero attached hydrogens (tertiary/aromatic N) is 1. The van der Waals surface area contributed by atoms with E-state index in [1.807, 2.05) is 13.0 Å². The number of fused-ring (bicyclic) bond motifs is 1. The van der Waals surface area contributed by atoms with E-state index >= 15 is 0 Å². The predicted molar refractivity (Wildman–Crippen MR) is 83.5 cm³/mol. The summed E-state index contributed by atoms with van der Waals surface area (Å²) in [6.45, 7) is 4.78. The molecule has 0 N–H and O–H groups in total. The summed E-state index contributed by atoms with van der Waals surface area (Å²) in [5.41, 5.74) is 0.809. The van der Waals surface area contributed by atoms with E-state index < -0.39 is 0 Å². The van der Waals surface area contributed by atoms with Crippen molar-refractivity contribution in [3.05, 3.63) is 28.8 Å². The Bertz CT molecular complexity index is 602. The highest BCUT2D eigenvalue weighted by Gasteiger charge is 2.20. The third-order valence-electron chi connectivity index (χ3n) is 3.59. The first-order valence-electron chi connectivity index (χ1n) is 7.31. The van der Waals surface area contributed by atoms with Gasteiger partial charge in [0, 0.05) is 19.2 Å². The largest absolute Gasteiger partial charge is 0.486 e. The van der Waals surface area contributed by atoms with E-state index in [1.54, 1.807) is 23.1 Å². The van der Waals surface area contributed by atoms with Gasteiger partial charge in [0.15, 0.2) is 11.5 Å². The van der Waals surface area contributed by atoms with E-state index in [-0.39, 0.29) is 12.0 Å². The van der Waals surface area contributed by atoms with Crippen LogP contribution in [0.15, 0.2) is 18.2 Å². The topological polar surface area (TPSA) is 48.0 Å². The van der Waals surface area contributed by atoms with Crippen molar-refractivity contribution in [3.8, 4) is 11.5 Å². The summed E-state index contributed by atoms with van der Waals surface area (Å²) in [5.74, 6) is 1.16. The molecule has 2 heterocycles. The molecule has 1 unspecified atom stereocenters. The van der Waals surface area contributed by atoms with Crippen molar-refractivity contribution in [2.24, 2.45) is 0 Å². The fraction of sp³-hybridized carbons (Fsp3) is 0.438. The fourth-order valence-corrected chi connectivity index (χ4v) is 2.79. The summed E-state index contributed by atoms with van der Waals surface area (Å²) in [5, 5.41) is 0.490. The van der Waals surface area contributed by atoms with E-state index in [1.165, 1.54) is 0 Å². The molecule has 0 aliphatic carbocycles. The number of hydrogen-bond acceptors (Lipinski definition) is 4. The smallest absolute Gasteiger partial charge is 0.246 e. The third-order valence-corrected chi connectivity index (χ3v) is 3.87. The molecule has 0 spiro atoms. The van der Waals surface area contributed by atoms with Crippen LogP contribution in [-0.4, -0.2) is 49.8 Å². The summed E-state index contributed by atoms with van der Waals surface area (Å²) in [6.07, 6.45) is 3.38. The number of carbonyl (C=O) groups is 1. The van der Waals surface area contributed by atoms with Crippen LogP contribution in [0.5, 0.6) is 11.5 Å². The molecule has 0 radical (unpaired) electrons. The third kappa shape index (κ3) is 3.36. The molecule has 1 fully saturated rings. The van der Waals surface area contributed by atoms with Crippen LogP contribution in [0.25, 0.3) is 6.08 Å². The van der Waals surface area contributed by atoms with Gasteiger partial charge in [-0.15, -0.1) is 0 Å². The van der Waals surface area contributed by atoms with E-state index in [0.29, 0.717) is 49.4 Å². The Labute approximate surface area is 134 Å². The Hall–Kier alpha value is -1.72. The van der Waals surface area contributed by atoms with Gasteiger partial charge in [0.1, 0.15) is 13.2 Å². The minimum absolute atomic E-state index is 0.0267. The molecule has 6 heteroatoms. The quantitative estimate of drug-likeness (QED) is 0.784. The van der Waals surface area contributed by atoms with Crippen LogP contribution in [0.3, 0.4) is 0 Å². The normalized spacial score (nSPS) is 21.2. The molecule has 0 aromatic heterocycles. The lowest BCUT2D eigenvalue weighted by molar-refractivity contribution is -0.132. The Morgan fingerprint density at radius 3 is 2.95 bits per heavy atom. The van der Waals surface area contributed by atoms with Crippen LogP contribution in [0, 0.1) is 0 Å². The standard InChI is InChI=1S/C16H18ClNO4/c1-11-10-18(4-5-20-11)15(19)3-2-12-8-13(17)16-14(9-12)21-6-7-22-16/h2-3,8-9,11H,4-7,10H2,1H3/b3-2+. The monoisotopic (exact) mass is 323 g/mol. The Morgan fingerprint density at radius 1 is 1.32 bits per heavy atom. The van der Waals surface area contributed by atoms with Gasteiger partial charge in [-0.1, -0.05) is 11.6 Å². The number of halogens is 1. The second kappa shape index (κ2) is 6.58. The van der Waals surface area contributed by atoms with Gasteiger partial charge in [0.2, 0.25) is 5.91 Å². The zero-order valence-corrected chi connectivity index (χ0v) is 13.1. The Morgan fingerprint density at radius 2 is 2.14 bits per heavy atom. The minimum Gasteiger partial charge on any atom is -0.486 e. The number of hydrogen-bond donors (Lipinski definition) is 0. The van der Waals surface area contributed by atoms with Gasteiger partial charge in [0.05, 0.1) is 17.7 Å². The predicted octanol–water partition coefficient (Wildman–Crippen LogP) is 2.37. The van der Waals surface area contributed by atoms with Crippen LogP contribution in [-0.2, 0) is 9.53 Å². The highest BCUT2D eigenvalue weighted by Crippen LogP contribution is 2.38. The second-order valence-electron chi connectivity index (χ2n) is 5.33. The molecule has 0 saturated carbocycles. The van der Waals surface area contributed by atoms with Crippen molar-refractivity contribution in [3.63, 3.8) is 0 Å². The van der Waals surface area contributed by atoms with Crippen LogP contribution in [0.1, 0.15) is 12.5 Å². The van der Waals surface area contributed by atoms with Crippen LogP contribution >= 0.6 is 11.6 Å². The van der Waals surface area contributed by atoms with E-state index in [4.69, 9.17) is 25.8 Å². The SMILES string of the molecule is CC1CN(C(=O)/C=C/c2cc(Cl)c3c(c2)OCCO3)CCO1. The lowest BCUT2D eigenvalue weighted by Gasteiger charge is -2.30. The van der Waals surface area contributed by atoms with Crippen molar-refractivity contribution >= 4 is 23.6 Å². The lowest BCUT2D eigenvalue weighted by atomic mass is 10.1. The van der Waals surface area contributed by atoms with Gasteiger partial charge in [-0.3, -0.25) is 4.79 Å². The zero-order valence-electron chi connectivity index (χ0n) is 12.4. The van der Waals surface area contributed by atoms with Gasteiger partial charge in [0.25, 0.3) is 0 Å². The molecule has 22 heavy (non-hydrogen) atoms. The first-order valence-corrected chi connectivity index (χ1v) is 7.69. The molecule has 118 valence electrons. The zero-order chi connectivity index (χ0) is 15.5. The molecule has 2 aliphatic heterocycles. The van der Waals surface area contributed by atoms with Crippen LogP contribution in [0.4, 0.5) is 0 Å². The highest BCUT2D eigenvalue weighted by atomic mass is 35.5. The first kappa shape index (κ1) is 15.2. The average molecular weight is 324 g/mol. The van der Waals surface area contributed by atoms with E-state index in [0.717, 1.165) is 5.56 Å². The summed E-state index contributed by atoms with van der Waals surface area (Å²) in [4.78, 5) is 14.0. The molecule has 1 atom stereocenters. The maximum Gasteiger partial charge on any atom is 0.246 e. The molecule has 0 bridgehead atoms. The van der Waals surface area contributed by atoms with Crippen molar-refractivity contribution in [1.29, 1.82) is 0 Å². The van der Waals surface area contributed by atoms with Crippen LogP contribution in [0.2, 0.25) is 5.02 Å². The molecule has 3 rings (SSSR count). The number of amides is 1. The lowest BCUT2D eigenvalue weighted by Crippen LogP contribution is -2.43. The van der Waals surface area contributed by atoms with E-state index in [9.17, 15) is 4.79 Å². The molecule has 1 aromatic carbocycles. The van der Waals surface area contributed by atoms with Gasteiger partial charge in [-0.25, -0.2) is 0 Å². The Balaban J connectivity index is 1.72. The number of benzene rings is 1. The van der Waals surface area contributed by atoms with Gasteiger partial charge in [-0.05, 0) is 30.7 Å². The highest BCUT2D eigenvalue weighted by molar-refractivity contribution is 6.32. The summed E-state index contributed by atoms with van der Waals surface area (Å²) in [7, 11) is 0. The molecule has 1 amide bonds. The number of ether oxygens (including phenoxy) is 3. The van der Waals surface area contributed by atoms with Gasteiger partial charge >= 0.3 is 0 Å². The summed E-state index contributed by atoms with van der Waals surface area (Å²) < 4.78 is 16.4. The fourth-order valence-electron chi connectivity index (χ4n) is 2.52. The number of morpholine rings is 1. The minimum atomic E-state index is -0.0267. The van der Waals surface area contributed by atoms with Crippen molar-refractivity contribution in [1.82, 2.24) is 4.90 Å². The van der Waals surface area contributed by atoms with Crippen molar-refractivity contribution in [2.45, 2.75) is 13.0 Å². The maximum absolute atomic E-state index is 12.2. The van der Waals surface area contributed by atoms with Gasteiger partial charge < -0.3 is 19.1 Å². The molecular formula is C16H18ClNO4.